The quantitative estimate of drug-likeness (QED) is 0.517. The van der Waals surface area contributed by atoms with Crippen molar-refractivity contribution in [2.24, 2.45) is 0 Å². The van der Waals surface area contributed by atoms with Crippen molar-refractivity contribution in [3.8, 4) is 0 Å². The number of aliphatic hydroxyl groups excluding tert-OH is 1. The lowest BCUT2D eigenvalue weighted by molar-refractivity contribution is 0.0949. The van der Waals surface area contributed by atoms with Crippen LogP contribution >= 0.6 is 0 Å². The zero-order valence-corrected chi connectivity index (χ0v) is 9.44. The third kappa shape index (κ3) is 4.31. The lowest BCUT2D eigenvalue weighted by Crippen LogP contribution is -2.24. The molecule has 88 valence electrons. The lowest BCUT2D eigenvalue weighted by atomic mass is 10.2. The number of hydrogen-bond acceptors (Lipinski definition) is 3. The van der Waals surface area contributed by atoms with E-state index in [-0.39, 0.29) is 12.0 Å². The molecule has 16 heavy (non-hydrogen) atoms. The molecule has 1 unspecified atom stereocenters. The second-order valence-electron chi connectivity index (χ2n) is 3.87. The summed E-state index contributed by atoms with van der Waals surface area (Å²) in [5.41, 5.74) is 6.77. The van der Waals surface area contributed by atoms with Crippen LogP contribution < -0.4 is 11.1 Å². The van der Waals surface area contributed by atoms with Gasteiger partial charge in [-0.25, -0.2) is 0 Å². The van der Waals surface area contributed by atoms with Crippen LogP contribution in [-0.4, -0.2) is 23.7 Å². The maximum Gasteiger partial charge on any atom is 0.251 e. The molecule has 1 aromatic carbocycles. The topological polar surface area (TPSA) is 75.3 Å². The summed E-state index contributed by atoms with van der Waals surface area (Å²) < 4.78 is 0. The average Bonchev–Trinajstić information content (AvgIpc) is 2.25. The summed E-state index contributed by atoms with van der Waals surface area (Å²) in [6.45, 7) is 2.32. The maximum absolute atomic E-state index is 11.6. The van der Waals surface area contributed by atoms with E-state index in [1.165, 1.54) is 0 Å². The molecule has 0 spiro atoms. The summed E-state index contributed by atoms with van der Waals surface area (Å²) >= 11 is 0. The van der Waals surface area contributed by atoms with Crippen molar-refractivity contribution in [1.29, 1.82) is 0 Å². The van der Waals surface area contributed by atoms with Gasteiger partial charge in [-0.3, -0.25) is 4.79 Å². The zero-order valence-electron chi connectivity index (χ0n) is 9.44. The van der Waals surface area contributed by atoms with Gasteiger partial charge in [0, 0.05) is 17.8 Å². The number of benzene rings is 1. The fourth-order valence-electron chi connectivity index (χ4n) is 1.34. The molecule has 4 N–H and O–H groups in total. The van der Waals surface area contributed by atoms with Gasteiger partial charge in [0.05, 0.1) is 6.10 Å². The van der Waals surface area contributed by atoms with Gasteiger partial charge in [0.25, 0.3) is 5.91 Å². The lowest BCUT2D eigenvalue weighted by Gasteiger charge is -2.06. The van der Waals surface area contributed by atoms with Crippen LogP contribution in [0.5, 0.6) is 0 Å². The molecule has 4 heteroatoms. The second kappa shape index (κ2) is 6.12. The van der Waals surface area contributed by atoms with Crippen molar-refractivity contribution < 1.29 is 9.90 Å². The SMILES string of the molecule is CC(O)CCCNC(=O)c1ccc(N)cc1. The van der Waals surface area contributed by atoms with Crippen molar-refractivity contribution in [2.75, 3.05) is 12.3 Å². The monoisotopic (exact) mass is 222 g/mol. The molecule has 0 bridgehead atoms. The number of anilines is 1. The number of carbonyl (C=O) groups is 1. The molecule has 4 nitrogen and oxygen atoms in total. The van der Waals surface area contributed by atoms with Crippen LogP contribution in [0.2, 0.25) is 0 Å². The molecule has 1 atom stereocenters. The minimum Gasteiger partial charge on any atom is -0.399 e. The molecule has 0 heterocycles. The minimum absolute atomic E-state index is 0.106. The number of nitrogen functional groups attached to an aromatic ring is 1. The number of amides is 1. The van der Waals surface area contributed by atoms with Gasteiger partial charge in [0.2, 0.25) is 0 Å². The molecule has 0 fully saturated rings. The number of aliphatic hydroxyl groups is 1. The third-order valence-electron chi connectivity index (χ3n) is 2.26. The number of carbonyl (C=O) groups excluding carboxylic acids is 1. The highest BCUT2D eigenvalue weighted by Gasteiger charge is 2.04. The van der Waals surface area contributed by atoms with Crippen molar-refractivity contribution in [3.63, 3.8) is 0 Å². The van der Waals surface area contributed by atoms with Gasteiger partial charge in [-0.1, -0.05) is 0 Å². The summed E-state index contributed by atoms with van der Waals surface area (Å²) in [6.07, 6.45) is 1.16. The van der Waals surface area contributed by atoms with Gasteiger partial charge in [0.15, 0.2) is 0 Å². The maximum atomic E-state index is 11.6. The smallest absolute Gasteiger partial charge is 0.251 e. The Balaban J connectivity index is 2.32. The molecule has 0 aliphatic rings. The Morgan fingerprint density at radius 3 is 2.62 bits per heavy atom. The Morgan fingerprint density at radius 2 is 2.06 bits per heavy atom. The van der Waals surface area contributed by atoms with Gasteiger partial charge in [0.1, 0.15) is 0 Å². The van der Waals surface area contributed by atoms with E-state index < -0.39 is 0 Å². The van der Waals surface area contributed by atoms with Crippen molar-refractivity contribution in [1.82, 2.24) is 5.32 Å². The van der Waals surface area contributed by atoms with Crippen LogP contribution in [0.4, 0.5) is 5.69 Å². The van der Waals surface area contributed by atoms with E-state index >= 15 is 0 Å². The summed E-state index contributed by atoms with van der Waals surface area (Å²) in [5.74, 6) is -0.106. The fraction of sp³-hybridized carbons (Fsp3) is 0.417. The molecule has 0 aromatic heterocycles. The molecule has 1 aromatic rings. The predicted octanol–water partition coefficient (Wildman–Crippen LogP) is 1.16. The number of nitrogens with one attached hydrogen (secondary N) is 1. The Morgan fingerprint density at radius 1 is 1.44 bits per heavy atom. The van der Waals surface area contributed by atoms with E-state index in [1.807, 2.05) is 0 Å². The summed E-state index contributed by atoms with van der Waals surface area (Å²) in [4.78, 5) is 11.6. The number of rotatable bonds is 5. The highest BCUT2D eigenvalue weighted by molar-refractivity contribution is 5.94. The Labute approximate surface area is 95.5 Å². The van der Waals surface area contributed by atoms with E-state index in [1.54, 1.807) is 31.2 Å². The molecule has 0 radical (unpaired) electrons. The van der Waals surface area contributed by atoms with Crippen LogP contribution in [0.25, 0.3) is 0 Å². The first kappa shape index (κ1) is 12.5. The zero-order chi connectivity index (χ0) is 12.0. The first-order valence-corrected chi connectivity index (χ1v) is 5.41. The number of hydrogen-bond donors (Lipinski definition) is 3. The average molecular weight is 222 g/mol. The van der Waals surface area contributed by atoms with Gasteiger partial charge in [-0.05, 0) is 44.0 Å². The molecule has 0 aliphatic carbocycles. The van der Waals surface area contributed by atoms with Crippen molar-refractivity contribution in [2.45, 2.75) is 25.9 Å². The molecular weight excluding hydrogens is 204 g/mol. The number of nitrogens with two attached hydrogens (primary N) is 1. The van der Waals surface area contributed by atoms with Crippen molar-refractivity contribution >= 4 is 11.6 Å². The first-order valence-electron chi connectivity index (χ1n) is 5.41. The van der Waals surface area contributed by atoms with Crippen LogP contribution in [0.1, 0.15) is 30.1 Å². The van der Waals surface area contributed by atoms with Crippen LogP contribution in [0.15, 0.2) is 24.3 Å². The minimum atomic E-state index is -0.312. The Bertz CT molecular complexity index is 333. The van der Waals surface area contributed by atoms with Gasteiger partial charge in [-0.15, -0.1) is 0 Å². The molecule has 0 saturated heterocycles. The normalized spacial score (nSPS) is 12.1. The van der Waals surface area contributed by atoms with E-state index in [0.717, 1.165) is 6.42 Å². The molecular formula is C12H18N2O2. The van der Waals surface area contributed by atoms with Crippen molar-refractivity contribution in [3.05, 3.63) is 29.8 Å². The van der Waals surface area contributed by atoms with E-state index in [9.17, 15) is 4.79 Å². The third-order valence-corrected chi connectivity index (χ3v) is 2.26. The molecule has 0 aliphatic heterocycles. The molecule has 1 amide bonds. The van der Waals surface area contributed by atoms with Gasteiger partial charge in [-0.2, -0.15) is 0 Å². The van der Waals surface area contributed by atoms with Gasteiger partial charge < -0.3 is 16.2 Å². The summed E-state index contributed by atoms with van der Waals surface area (Å²) in [7, 11) is 0. The molecule has 0 saturated carbocycles. The standard InChI is InChI=1S/C12H18N2O2/c1-9(15)3-2-8-14-12(16)10-4-6-11(13)7-5-10/h4-7,9,15H,2-3,8,13H2,1H3,(H,14,16). The predicted molar refractivity (Wildman–Crippen MR) is 64.1 cm³/mol. The van der Waals surface area contributed by atoms with Crippen LogP contribution in [0.3, 0.4) is 0 Å². The van der Waals surface area contributed by atoms with Crippen LogP contribution in [-0.2, 0) is 0 Å². The Kier molecular flexibility index (Phi) is 4.79. The highest BCUT2D eigenvalue weighted by atomic mass is 16.3. The van der Waals surface area contributed by atoms with E-state index in [0.29, 0.717) is 24.2 Å². The summed E-state index contributed by atoms with van der Waals surface area (Å²) in [6, 6.07) is 6.79. The first-order chi connectivity index (χ1) is 7.59. The highest BCUT2D eigenvalue weighted by Crippen LogP contribution is 2.05. The Hall–Kier alpha value is -1.55. The summed E-state index contributed by atoms with van der Waals surface area (Å²) in [5, 5.41) is 11.8. The van der Waals surface area contributed by atoms with Crippen LogP contribution in [0, 0.1) is 0 Å². The second-order valence-corrected chi connectivity index (χ2v) is 3.87. The fourth-order valence-corrected chi connectivity index (χ4v) is 1.34. The van der Waals surface area contributed by atoms with E-state index in [2.05, 4.69) is 5.32 Å². The van der Waals surface area contributed by atoms with E-state index in [4.69, 9.17) is 10.8 Å². The van der Waals surface area contributed by atoms with Gasteiger partial charge >= 0.3 is 0 Å². The molecule has 1 rings (SSSR count). The largest absolute Gasteiger partial charge is 0.399 e.